The van der Waals surface area contributed by atoms with Crippen LogP contribution in [0.3, 0.4) is 0 Å². The second-order valence-corrected chi connectivity index (χ2v) is 27.6. The summed E-state index contributed by atoms with van der Waals surface area (Å²) in [7, 11) is -27.1. The molecule has 0 aliphatic rings. The number of sulfone groups is 6. The molecule has 0 aliphatic carbocycles. The number of phenolic OH excluding ortho intramolecular Hbond substituents is 2. The van der Waals surface area contributed by atoms with Gasteiger partial charge in [0.25, 0.3) is 0 Å². The van der Waals surface area contributed by atoms with E-state index in [1.54, 1.807) is 24.3 Å². The van der Waals surface area contributed by atoms with Crippen molar-refractivity contribution in [3.8, 4) is 23.0 Å². The van der Waals surface area contributed by atoms with Crippen LogP contribution in [0.2, 0.25) is 0 Å². The Balaban J connectivity index is 1.00. The summed E-state index contributed by atoms with van der Waals surface area (Å²) in [6, 6.07) is 39.6. The molecule has 8 aromatic rings. The Morgan fingerprint density at radius 3 is 0.813 bits per heavy atom. The van der Waals surface area contributed by atoms with Crippen LogP contribution >= 0.6 is 0 Å². The molecule has 0 bridgehead atoms. The molecule has 0 aromatic heterocycles. The largest absolute Gasteiger partial charge is 0.507 e. The van der Waals surface area contributed by atoms with Crippen molar-refractivity contribution in [1.29, 1.82) is 0 Å². The van der Waals surface area contributed by atoms with Gasteiger partial charge in [0.15, 0.2) is 0 Å². The summed E-state index contributed by atoms with van der Waals surface area (Å²) < 4.78 is 184. The number of hydrogen-bond donors (Lipinski definition) is 2. The molecule has 75 heavy (non-hydrogen) atoms. The molecule has 0 atom stereocenters. The third-order valence-electron chi connectivity index (χ3n) is 11.3. The maximum atomic E-state index is 14.1. The van der Waals surface area contributed by atoms with Crippen molar-refractivity contribution in [3.63, 3.8) is 0 Å². The molecule has 0 radical (unpaired) electrons. The highest BCUT2D eigenvalue weighted by atomic mass is 32.2. The molecule has 0 fully saturated rings. The van der Waals surface area contributed by atoms with Crippen molar-refractivity contribution in [1.82, 2.24) is 0 Å². The standard InChI is InChI=1S/C52H42O17S6/c53-45-25-21-41(33-49(45)72(59,60)37-13-5-1-6-14-37)70(55,56)43-23-27-47(51(35-43)74(63,64)39-17-9-3-10-18-39)68-31-29-67-30-32-69-48-28-24-44(36-52(48)75(65,66)40-19-11-4-12-20-40)71(57,58)42-22-26-46(54)50(34-42)73(61,62)38-15-7-2-8-16-38/h1-28,33-36,53-54H,29-32H2. The van der Waals surface area contributed by atoms with Crippen LogP contribution < -0.4 is 9.47 Å². The van der Waals surface area contributed by atoms with Gasteiger partial charge in [-0.05, 0) is 121 Å². The fourth-order valence-electron chi connectivity index (χ4n) is 7.43. The van der Waals surface area contributed by atoms with E-state index in [1.807, 2.05) is 0 Å². The lowest BCUT2D eigenvalue weighted by Crippen LogP contribution is -2.15. The summed E-state index contributed by atoms with van der Waals surface area (Å²) in [5, 5.41) is 21.1. The Bertz CT molecular complexity index is 3850. The molecule has 17 nitrogen and oxygen atoms in total. The maximum absolute atomic E-state index is 14.1. The first-order valence-corrected chi connectivity index (χ1v) is 31.0. The van der Waals surface area contributed by atoms with Gasteiger partial charge in [-0.2, -0.15) is 0 Å². The molecule has 0 unspecified atom stereocenters. The molecule has 0 aliphatic heterocycles. The normalized spacial score (nSPS) is 12.5. The lowest BCUT2D eigenvalue weighted by molar-refractivity contribution is 0.0750. The third kappa shape index (κ3) is 11.1. The van der Waals surface area contributed by atoms with Crippen LogP contribution in [0.5, 0.6) is 23.0 Å². The van der Waals surface area contributed by atoms with Gasteiger partial charge in [0.05, 0.1) is 52.4 Å². The van der Waals surface area contributed by atoms with Crippen LogP contribution in [-0.4, -0.2) is 87.1 Å². The van der Waals surface area contributed by atoms with E-state index in [0.717, 1.165) is 72.8 Å². The highest BCUT2D eigenvalue weighted by Gasteiger charge is 2.32. The van der Waals surface area contributed by atoms with Crippen molar-refractivity contribution in [3.05, 3.63) is 194 Å². The first kappa shape index (κ1) is 53.9. The minimum Gasteiger partial charge on any atom is -0.507 e. The van der Waals surface area contributed by atoms with E-state index in [4.69, 9.17) is 14.2 Å². The van der Waals surface area contributed by atoms with Crippen molar-refractivity contribution in [2.45, 2.75) is 58.7 Å². The van der Waals surface area contributed by atoms with Crippen LogP contribution in [0.15, 0.2) is 253 Å². The molecule has 0 heterocycles. The van der Waals surface area contributed by atoms with E-state index in [9.17, 15) is 60.7 Å². The van der Waals surface area contributed by atoms with Gasteiger partial charge in [0, 0.05) is 0 Å². The van der Waals surface area contributed by atoms with E-state index in [-0.39, 0.29) is 57.5 Å². The average Bonchev–Trinajstić information content (AvgIpc) is 3.41. The highest BCUT2D eigenvalue weighted by molar-refractivity contribution is 7.93. The van der Waals surface area contributed by atoms with E-state index >= 15 is 0 Å². The Hall–Kier alpha value is -7.38. The minimum absolute atomic E-state index is 0.207. The van der Waals surface area contributed by atoms with Gasteiger partial charge >= 0.3 is 0 Å². The summed E-state index contributed by atoms with van der Waals surface area (Å²) in [5.41, 5.74) is 0. The monoisotopic (exact) mass is 1130 g/mol. The molecule has 0 saturated heterocycles. The van der Waals surface area contributed by atoms with Crippen molar-refractivity contribution < 1.29 is 74.9 Å². The lowest BCUT2D eigenvalue weighted by Gasteiger charge is -2.16. The zero-order chi connectivity index (χ0) is 53.8. The second kappa shape index (κ2) is 21.5. The highest BCUT2D eigenvalue weighted by Crippen LogP contribution is 2.39. The molecule has 0 amide bonds. The van der Waals surface area contributed by atoms with Gasteiger partial charge in [-0.3, -0.25) is 0 Å². The molecular formula is C52H42O17S6. The molecular weight excluding hydrogens is 1090 g/mol. The molecule has 2 N–H and O–H groups in total. The Morgan fingerprint density at radius 2 is 0.520 bits per heavy atom. The molecule has 0 spiro atoms. The van der Waals surface area contributed by atoms with Crippen molar-refractivity contribution in [2.75, 3.05) is 26.4 Å². The van der Waals surface area contributed by atoms with Crippen LogP contribution in [0.4, 0.5) is 0 Å². The SMILES string of the molecule is O=S(=O)(c1ccc(O)c(S(=O)(=O)c2ccccc2)c1)c1ccc(OCCOCCOc2ccc(S(=O)(=O)c3ccc(O)c(S(=O)(=O)c4ccccc4)c3)cc2S(=O)(=O)c2ccccc2)c(S(=O)(=O)c2ccccc2)c1. The number of aromatic hydroxyl groups is 2. The minimum atomic E-state index is -4.66. The first-order valence-electron chi connectivity index (χ1n) is 22.1. The quantitative estimate of drug-likeness (QED) is 0.0696. The van der Waals surface area contributed by atoms with Gasteiger partial charge in [-0.1, -0.05) is 72.8 Å². The van der Waals surface area contributed by atoms with E-state index < -0.39 is 110 Å². The van der Waals surface area contributed by atoms with Gasteiger partial charge in [0.1, 0.15) is 55.8 Å². The fourth-order valence-corrected chi connectivity index (χ4v) is 16.0. The Morgan fingerprint density at radius 1 is 0.267 bits per heavy atom. The molecule has 388 valence electrons. The number of phenols is 2. The second-order valence-electron chi connectivity index (χ2n) is 16.1. The van der Waals surface area contributed by atoms with E-state index in [0.29, 0.717) is 0 Å². The van der Waals surface area contributed by atoms with E-state index in [2.05, 4.69) is 0 Å². The van der Waals surface area contributed by atoms with Gasteiger partial charge in [0.2, 0.25) is 59.0 Å². The fraction of sp³-hybridized carbons (Fsp3) is 0.0769. The zero-order valence-corrected chi connectivity index (χ0v) is 43.7. The van der Waals surface area contributed by atoms with Gasteiger partial charge in [-0.15, -0.1) is 0 Å². The molecule has 8 aromatic carbocycles. The summed E-state index contributed by atoms with van der Waals surface area (Å²) in [5.74, 6) is -1.98. The van der Waals surface area contributed by atoms with Crippen LogP contribution in [0.1, 0.15) is 0 Å². The summed E-state index contributed by atoms with van der Waals surface area (Å²) in [4.78, 5) is -5.55. The topological polar surface area (TPSA) is 273 Å². The number of hydrogen-bond acceptors (Lipinski definition) is 17. The average molecular weight is 1130 g/mol. The number of ether oxygens (including phenoxy) is 3. The Kier molecular flexibility index (Phi) is 15.4. The van der Waals surface area contributed by atoms with Crippen LogP contribution in [-0.2, 0) is 63.8 Å². The number of rotatable bonds is 20. The van der Waals surface area contributed by atoms with Crippen LogP contribution in [0.25, 0.3) is 0 Å². The maximum Gasteiger partial charge on any atom is 0.210 e. The van der Waals surface area contributed by atoms with Crippen LogP contribution in [0, 0.1) is 0 Å². The van der Waals surface area contributed by atoms with Gasteiger partial charge in [-0.25, -0.2) is 50.5 Å². The molecule has 8 rings (SSSR count). The molecule has 0 saturated carbocycles. The van der Waals surface area contributed by atoms with Crippen molar-refractivity contribution in [2.24, 2.45) is 0 Å². The third-order valence-corrected chi connectivity index (χ3v) is 22.0. The zero-order valence-electron chi connectivity index (χ0n) is 38.8. The Labute approximate surface area is 433 Å². The van der Waals surface area contributed by atoms with E-state index in [1.165, 1.54) is 97.1 Å². The smallest absolute Gasteiger partial charge is 0.210 e. The first-order chi connectivity index (χ1) is 35.6. The van der Waals surface area contributed by atoms with Crippen molar-refractivity contribution >= 4 is 59.0 Å². The predicted molar refractivity (Wildman–Crippen MR) is 269 cm³/mol. The summed E-state index contributed by atoms with van der Waals surface area (Å²) in [6.45, 7) is -1.06. The summed E-state index contributed by atoms with van der Waals surface area (Å²) >= 11 is 0. The van der Waals surface area contributed by atoms with Gasteiger partial charge < -0.3 is 24.4 Å². The number of benzene rings is 8. The summed E-state index contributed by atoms with van der Waals surface area (Å²) in [6.07, 6.45) is 0. The molecule has 23 heteroatoms. The predicted octanol–water partition coefficient (Wildman–Crippen LogP) is 7.57. The lowest BCUT2D eigenvalue weighted by atomic mass is 10.3.